The molecule has 1 aromatic heterocycles. The third-order valence-corrected chi connectivity index (χ3v) is 2.34. The van der Waals surface area contributed by atoms with Crippen molar-refractivity contribution in [1.29, 1.82) is 0 Å². The molecule has 0 radical (unpaired) electrons. The summed E-state index contributed by atoms with van der Waals surface area (Å²) in [5.41, 5.74) is 7.82. The fraction of sp³-hybridized carbons (Fsp3) is 0.545. The van der Waals surface area contributed by atoms with E-state index in [0.29, 0.717) is 6.04 Å². The fourth-order valence-corrected chi connectivity index (χ4v) is 1.47. The molecule has 0 aliphatic carbocycles. The molecule has 1 aromatic rings. The van der Waals surface area contributed by atoms with Crippen molar-refractivity contribution in [1.82, 2.24) is 10.3 Å². The molecule has 0 saturated heterocycles. The zero-order valence-corrected chi connectivity index (χ0v) is 8.96. The second-order valence-electron chi connectivity index (χ2n) is 3.57. The van der Waals surface area contributed by atoms with Crippen molar-refractivity contribution in [3.05, 3.63) is 24.0 Å². The zero-order valence-electron chi connectivity index (χ0n) is 8.96. The summed E-state index contributed by atoms with van der Waals surface area (Å²) in [5, 5.41) is 3.37. The van der Waals surface area contributed by atoms with E-state index in [9.17, 15) is 0 Å². The Hall–Kier alpha value is -1.09. The van der Waals surface area contributed by atoms with Gasteiger partial charge in [0.15, 0.2) is 0 Å². The first-order valence-electron chi connectivity index (χ1n) is 5.15. The van der Waals surface area contributed by atoms with E-state index in [4.69, 9.17) is 5.73 Å². The quantitative estimate of drug-likeness (QED) is 0.746. The summed E-state index contributed by atoms with van der Waals surface area (Å²) in [6.07, 6.45) is 5.68. The molecule has 3 N–H and O–H groups in total. The molecule has 3 heteroatoms. The van der Waals surface area contributed by atoms with Crippen LogP contribution >= 0.6 is 0 Å². The summed E-state index contributed by atoms with van der Waals surface area (Å²) in [5.74, 6) is 0. The lowest BCUT2D eigenvalue weighted by molar-refractivity contribution is 0.530. The maximum atomic E-state index is 5.82. The fourth-order valence-electron chi connectivity index (χ4n) is 1.47. The van der Waals surface area contributed by atoms with Gasteiger partial charge in [-0.3, -0.25) is 4.98 Å². The molecule has 78 valence electrons. The lowest BCUT2D eigenvalue weighted by Gasteiger charge is -2.12. The highest BCUT2D eigenvalue weighted by atomic mass is 14.9. The van der Waals surface area contributed by atoms with Gasteiger partial charge in [0.05, 0.1) is 0 Å². The Bertz CT molecular complexity index is 273. The van der Waals surface area contributed by atoms with Gasteiger partial charge in [0, 0.05) is 24.1 Å². The number of anilines is 1. The van der Waals surface area contributed by atoms with Gasteiger partial charge >= 0.3 is 0 Å². The van der Waals surface area contributed by atoms with Crippen LogP contribution in [0.3, 0.4) is 0 Å². The van der Waals surface area contributed by atoms with Crippen molar-refractivity contribution in [3.63, 3.8) is 0 Å². The van der Waals surface area contributed by atoms with Crippen molar-refractivity contribution in [2.24, 2.45) is 0 Å². The van der Waals surface area contributed by atoms with Gasteiger partial charge in [-0.1, -0.05) is 6.92 Å². The average molecular weight is 193 g/mol. The molecule has 0 aromatic carbocycles. The maximum absolute atomic E-state index is 5.82. The van der Waals surface area contributed by atoms with Crippen molar-refractivity contribution in [2.45, 2.75) is 32.7 Å². The van der Waals surface area contributed by atoms with Crippen LogP contribution in [0.5, 0.6) is 0 Å². The molecular weight excluding hydrogens is 174 g/mol. The number of pyridine rings is 1. The van der Waals surface area contributed by atoms with E-state index in [-0.39, 0.29) is 0 Å². The van der Waals surface area contributed by atoms with Crippen LogP contribution < -0.4 is 11.1 Å². The highest BCUT2D eigenvalue weighted by molar-refractivity contribution is 5.44. The Balaban J connectivity index is 2.41. The minimum Gasteiger partial charge on any atom is -0.398 e. The summed E-state index contributed by atoms with van der Waals surface area (Å²) < 4.78 is 0. The molecule has 0 aliphatic heterocycles. The van der Waals surface area contributed by atoms with Gasteiger partial charge in [-0.25, -0.2) is 0 Å². The molecular formula is C11H19N3. The van der Waals surface area contributed by atoms with Crippen LogP contribution in [-0.4, -0.2) is 17.6 Å². The number of nitrogen functional groups attached to an aromatic ring is 1. The van der Waals surface area contributed by atoms with Crippen LogP contribution in [0.15, 0.2) is 18.5 Å². The van der Waals surface area contributed by atoms with Gasteiger partial charge in [0.1, 0.15) is 0 Å². The van der Waals surface area contributed by atoms with Crippen LogP contribution in [0.25, 0.3) is 0 Å². The predicted molar refractivity (Wildman–Crippen MR) is 60.1 cm³/mol. The number of aryl methyl sites for hydroxylation is 1. The molecule has 3 nitrogen and oxygen atoms in total. The summed E-state index contributed by atoms with van der Waals surface area (Å²) >= 11 is 0. The number of nitrogens with two attached hydrogens (primary N) is 1. The molecule has 14 heavy (non-hydrogen) atoms. The average Bonchev–Trinajstić information content (AvgIpc) is 2.17. The Labute approximate surface area is 85.7 Å². The van der Waals surface area contributed by atoms with Crippen LogP contribution in [0, 0.1) is 0 Å². The molecule has 0 fully saturated rings. The molecule has 0 amide bonds. The lowest BCUT2D eigenvalue weighted by Crippen LogP contribution is -2.26. The minimum atomic E-state index is 0.541. The van der Waals surface area contributed by atoms with Crippen LogP contribution in [0.2, 0.25) is 0 Å². The van der Waals surface area contributed by atoms with Gasteiger partial charge in [-0.15, -0.1) is 0 Å². The van der Waals surface area contributed by atoms with E-state index in [1.807, 2.05) is 12.3 Å². The van der Waals surface area contributed by atoms with Gasteiger partial charge in [0.25, 0.3) is 0 Å². The first-order chi connectivity index (χ1) is 6.74. The Kier molecular flexibility index (Phi) is 4.40. The number of nitrogens with one attached hydrogen (secondary N) is 1. The van der Waals surface area contributed by atoms with Crippen molar-refractivity contribution >= 4 is 5.69 Å². The Morgan fingerprint density at radius 3 is 3.00 bits per heavy atom. The SMILES string of the molecule is CCNC(C)CCc1cnccc1N. The predicted octanol–water partition coefficient (Wildman–Crippen LogP) is 1.59. The normalized spacial score (nSPS) is 12.7. The highest BCUT2D eigenvalue weighted by Crippen LogP contribution is 2.11. The van der Waals surface area contributed by atoms with E-state index in [2.05, 4.69) is 24.1 Å². The van der Waals surface area contributed by atoms with Gasteiger partial charge in [0.2, 0.25) is 0 Å². The van der Waals surface area contributed by atoms with Crippen LogP contribution in [0.4, 0.5) is 5.69 Å². The lowest BCUT2D eigenvalue weighted by atomic mass is 10.1. The molecule has 0 aliphatic rings. The molecule has 0 saturated carbocycles. The maximum Gasteiger partial charge on any atom is 0.0377 e. The van der Waals surface area contributed by atoms with Gasteiger partial charge in [-0.05, 0) is 37.9 Å². The molecule has 1 atom stereocenters. The Morgan fingerprint density at radius 2 is 2.36 bits per heavy atom. The molecule has 0 spiro atoms. The number of aromatic nitrogens is 1. The van der Waals surface area contributed by atoms with E-state index in [1.165, 1.54) is 0 Å². The number of nitrogens with zero attached hydrogens (tertiary/aromatic N) is 1. The second kappa shape index (κ2) is 5.60. The summed E-state index contributed by atoms with van der Waals surface area (Å²) in [6.45, 7) is 5.33. The standard InChI is InChI=1S/C11H19N3/c1-3-14-9(2)4-5-10-8-13-7-6-11(10)12/h6-9,14H,3-5H2,1-2H3,(H2,12,13). The van der Waals surface area contributed by atoms with Crippen LogP contribution in [-0.2, 0) is 6.42 Å². The van der Waals surface area contributed by atoms with Crippen molar-refractivity contribution < 1.29 is 0 Å². The largest absolute Gasteiger partial charge is 0.398 e. The zero-order chi connectivity index (χ0) is 10.4. The third-order valence-electron chi connectivity index (χ3n) is 2.34. The van der Waals surface area contributed by atoms with E-state index in [0.717, 1.165) is 30.6 Å². The van der Waals surface area contributed by atoms with Crippen molar-refractivity contribution in [3.8, 4) is 0 Å². The first-order valence-corrected chi connectivity index (χ1v) is 5.15. The summed E-state index contributed by atoms with van der Waals surface area (Å²) in [6, 6.07) is 2.40. The van der Waals surface area contributed by atoms with E-state index in [1.54, 1.807) is 6.20 Å². The molecule has 1 rings (SSSR count). The monoisotopic (exact) mass is 193 g/mol. The highest BCUT2D eigenvalue weighted by Gasteiger charge is 2.02. The third kappa shape index (κ3) is 3.34. The number of hydrogen-bond donors (Lipinski definition) is 2. The van der Waals surface area contributed by atoms with Crippen LogP contribution in [0.1, 0.15) is 25.8 Å². The summed E-state index contributed by atoms with van der Waals surface area (Å²) in [4.78, 5) is 4.07. The topological polar surface area (TPSA) is 50.9 Å². The smallest absolute Gasteiger partial charge is 0.0377 e. The molecule has 1 unspecified atom stereocenters. The second-order valence-corrected chi connectivity index (χ2v) is 3.57. The summed E-state index contributed by atoms with van der Waals surface area (Å²) in [7, 11) is 0. The van der Waals surface area contributed by atoms with Gasteiger partial charge in [-0.2, -0.15) is 0 Å². The number of rotatable bonds is 5. The Morgan fingerprint density at radius 1 is 1.57 bits per heavy atom. The minimum absolute atomic E-state index is 0.541. The van der Waals surface area contributed by atoms with Crippen molar-refractivity contribution in [2.75, 3.05) is 12.3 Å². The van der Waals surface area contributed by atoms with E-state index < -0.39 is 0 Å². The number of hydrogen-bond acceptors (Lipinski definition) is 3. The first kappa shape index (κ1) is 11.0. The molecule has 1 heterocycles. The van der Waals surface area contributed by atoms with Gasteiger partial charge < -0.3 is 11.1 Å². The molecule has 0 bridgehead atoms. The van der Waals surface area contributed by atoms with E-state index >= 15 is 0 Å².